The number of benzene rings is 1. The van der Waals surface area contributed by atoms with Crippen molar-refractivity contribution in [3.63, 3.8) is 0 Å². The quantitative estimate of drug-likeness (QED) is 0.692. The Morgan fingerprint density at radius 2 is 2.00 bits per heavy atom. The topological polar surface area (TPSA) is 52.2 Å². The maximum absolute atomic E-state index is 12.2. The van der Waals surface area contributed by atoms with Crippen LogP contribution in [-0.4, -0.2) is 20.3 Å². The van der Waals surface area contributed by atoms with Crippen molar-refractivity contribution < 1.29 is 4.79 Å². The first-order chi connectivity index (χ1) is 9.99. The molecule has 0 bridgehead atoms. The number of nitrogens with zero attached hydrogens (tertiary/aromatic N) is 4. The Labute approximate surface area is 126 Å². The Morgan fingerprint density at radius 3 is 2.67 bits per heavy atom. The first-order valence-electron chi connectivity index (χ1n) is 6.62. The monoisotopic (exact) mass is 300 g/mol. The van der Waals surface area contributed by atoms with Gasteiger partial charge in [0.1, 0.15) is 5.69 Å². The molecule has 3 aromatic rings. The number of hydrogen-bond donors (Lipinski definition) is 0. The van der Waals surface area contributed by atoms with Crippen molar-refractivity contribution >= 4 is 27.5 Å². The van der Waals surface area contributed by atoms with E-state index in [1.165, 1.54) is 27.1 Å². The number of rotatable bonds is 1. The molecular weight excluding hydrogens is 284 g/mol. The van der Waals surface area contributed by atoms with Crippen molar-refractivity contribution in [2.45, 2.75) is 13.8 Å². The SMILES string of the molecule is Cc1ccc2sc(=NC(=O)c3ccnn3C)n(C)c2c1C. The Morgan fingerprint density at radius 1 is 1.24 bits per heavy atom. The molecule has 0 fully saturated rings. The number of carbonyl (C=O) groups excluding carboxylic acids is 1. The highest BCUT2D eigenvalue weighted by atomic mass is 32.1. The molecule has 0 N–H and O–H groups in total. The summed E-state index contributed by atoms with van der Waals surface area (Å²) in [5.41, 5.74) is 4.08. The summed E-state index contributed by atoms with van der Waals surface area (Å²) >= 11 is 1.52. The van der Waals surface area contributed by atoms with Gasteiger partial charge in [-0.1, -0.05) is 17.4 Å². The third kappa shape index (κ3) is 2.21. The van der Waals surface area contributed by atoms with Crippen LogP contribution in [0.2, 0.25) is 0 Å². The van der Waals surface area contributed by atoms with Crippen LogP contribution in [0.25, 0.3) is 10.2 Å². The highest BCUT2D eigenvalue weighted by Gasteiger charge is 2.11. The van der Waals surface area contributed by atoms with Gasteiger partial charge in [-0.25, -0.2) is 0 Å². The molecule has 1 amide bonds. The molecule has 0 aliphatic rings. The molecule has 5 nitrogen and oxygen atoms in total. The van der Waals surface area contributed by atoms with Gasteiger partial charge < -0.3 is 4.57 Å². The molecule has 108 valence electrons. The number of thiazole rings is 1. The van der Waals surface area contributed by atoms with Crippen molar-refractivity contribution in [3.8, 4) is 0 Å². The highest BCUT2D eigenvalue weighted by Crippen LogP contribution is 2.22. The average Bonchev–Trinajstić information content (AvgIpc) is 3.00. The van der Waals surface area contributed by atoms with Gasteiger partial charge in [-0.15, -0.1) is 0 Å². The van der Waals surface area contributed by atoms with Gasteiger partial charge in [-0.3, -0.25) is 9.48 Å². The number of amides is 1. The lowest BCUT2D eigenvalue weighted by Crippen LogP contribution is -2.15. The first kappa shape index (κ1) is 13.8. The summed E-state index contributed by atoms with van der Waals surface area (Å²) in [5, 5.41) is 4.00. The third-order valence-corrected chi connectivity index (χ3v) is 4.82. The Hall–Kier alpha value is -2.21. The molecule has 0 spiro atoms. The van der Waals surface area contributed by atoms with Gasteiger partial charge in [0.25, 0.3) is 5.91 Å². The minimum atomic E-state index is -0.272. The van der Waals surface area contributed by atoms with Crippen LogP contribution in [0.3, 0.4) is 0 Å². The van der Waals surface area contributed by atoms with Gasteiger partial charge in [-0.2, -0.15) is 10.1 Å². The van der Waals surface area contributed by atoms with E-state index in [1.54, 1.807) is 19.3 Å². The number of aromatic nitrogens is 3. The Bertz CT molecular complexity index is 914. The van der Waals surface area contributed by atoms with Gasteiger partial charge in [0.05, 0.1) is 10.2 Å². The second-order valence-electron chi connectivity index (χ2n) is 5.05. The zero-order valence-corrected chi connectivity index (χ0v) is 13.2. The molecule has 0 atom stereocenters. The lowest BCUT2D eigenvalue weighted by molar-refractivity contribution is 0.0989. The van der Waals surface area contributed by atoms with E-state index in [0.717, 1.165) is 10.2 Å². The number of fused-ring (bicyclic) bond motifs is 1. The lowest BCUT2D eigenvalue weighted by Gasteiger charge is -2.03. The fourth-order valence-electron chi connectivity index (χ4n) is 2.36. The van der Waals surface area contributed by atoms with Crippen LogP contribution < -0.4 is 4.80 Å². The van der Waals surface area contributed by atoms with Crippen molar-refractivity contribution in [2.24, 2.45) is 19.1 Å². The molecule has 0 aliphatic carbocycles. The van der Waals surface area contributed by atoms with E-state index in [-0.39, 0.29) is 5.91 Å². The molecular formula is C15H16N4OS. The zero-order chi connectivity index (χ0) is 15.1. The van der Waals surface area contributed by atoms with E-state index in [9.17, 15) is 4.79 Å². The number of hydrogen-bond acceptors (Lipinski definition) is 3. The van der Waals surface area contributed by atoms with Crippen LogP contribution in [0.4, 0.5) is 0 Å². The fourth-order valence-corrected chi connectivity index (χ4v) is 3.44. The van der Waals surface area contributed by atoms with E-state index in [4.69, 9.17) is 0 Å². The molecule has 0 radical (unpaired) electrons. The Kier molecular flexibility index (Phi) is 3.25. The van der Waals surface area contributed by atoms with Crippen molar-refractivity contribution in [3.05, 3.63) is 46.0 Å². The minimum absolute atomic E-state index is 0.272. The van der Waals surface area contributed by atoms with E-state index >= 15 is 0 Å². The number of aryl methyl sites for hydroxylation is 4. The maximum Gasteiger partial charge on any atom is 0.297 e. The van der Waals surface area contributed by atoms with Crippen LogP contribution in [0.15, 0.2) is 29.4 Å². The second-order valence-corrected chi connectivity index (χ2v) is 6.06. The van der Waals surface area contributed by atoms with E-state index in [0.29, 0.717) is 10.5 Å². The summed E-state index contributed by atoms with van der Waals surface area (Å²) < 4.78 is 4.66. The van der Waals surface area contributed by atoms with Crippen LogP contribution in [-0.2, 0) is 14.1 Å². The molecule has 1 aromatic carbocycles. The van der Waals surface area contributed by atoms with Gasteiger partial charge in [0.15, 0.2) is 4.80 Å². The number of carbonyl (C=O) groups is 1. The van der Waals surface area contributed by atoms with Crippen molar-refractivity contribution in [2.75, 3.05) is 0 Å². The lowest BCUT2D eigenvalue weighted by atomic mass is 10.1. The van der Waals surface area contributed by atoms with E-state index < -0.39 is 0 Å². The molecule has 0 saturated heterocycles. The fraction of sp³-hybridized carbons (Fsp3) is 0.267. The largest absolute Gasteiger partial charge is 0.319 e. The first-order valence-corrected chi connectivity index (χ1v) is 7.43. The van der Waals surface area contributed by atoms with Crippen molar-refractivity contribution in [1.82, 2.24) is 14.3 Å². The van der Waals surface area contributed by atoms with E-state index in [1.807, 2.05) is 11.6 Å². The second kappa shape index (κ2) is 4.96. The summed E-state index contributed by atoms with van der Waals surface area (Å²) in [4.78, 5) is 17.2. The summed E-state index contributed by atoms with van der Waals surface area (Å²) in [6, 6.07) is 5.85. The van der Waals surface area contributed by atoms with Gasteiger partial charge in [0.2, 0.25) is 0 Å². The molecule has 3 rings (SSSR count). The summed E-state index contributed by atoms with van der Waals surface area (Å²) in [5.74, 6) is -0.272. The summed E-state index contributed by atoms with van der Waals surface area (Å²) in [6.07, 6.45) is 1.60. The molecule has 2 heterocycles. The summed E-state index contributed by atoms with van der Waals surface area (Å²) in [6.45, 7) is 4.18. The third-order valence-electron chi connectivity index (χ3n) is 3.73. The molecule has 2 aromatic heterocycles. The van der Waals surface area contributed by atoms with E-state index in [2.05, 4.69) is 36.1 Å². The highest BCUT2D eigenvalue weighted by molar-refractivity contribution is 7.16. The predicted molar refractivity (Wildman–Crippen MR) is 83.4 cm³/mol. The molecule has 0 unspecified atom stereocenters. The predicted octanol–water partition coefficient (Wildman–Crippen LogP) is 2.33. The van der Waals surface area contributed by atoms with Crippen LogP contribution in [0, 0.1) is 13.8 Å². The maximum atomic E-state index is 12.2. The standard InChI is InChI=1S/C15H16N4OS/c1-9-5-6-12-13(10(9)2)18(3)15(21-12)17-14(20)11-7-8-16-19(11)4/h5-8H,1-4H3. The smallest absolute Gasteiger partial charge is 0.297 e. The minimum Gasteiger partial charge on any atom is -0.319 e. The molecule has 0 aliphatic heterocycles. The van der Waals surface area contributed by atoms with Gasteiger partial charge >= 0.3 is 0 Å². The molecule has 6 heteroatoms. The van der Waals surface area contributed by atoms with Crippen LogP contribution in [0.1, 0.15) is 21.6 Å². The van der Waals surface area contributed by atoms with Crippen molar-refractivity contribution in [1.29, 1.82) is 0 Å². The van der Waals surface area contributed by atoms with Crippen LogP contribution in [0.5, 0.6) is 0 Å². The van der Waals surface area contributed by atoms with Gasteiger partial charge in [-0.05, 0) is 37.1 Å². The molecule has 0 saturated carbocycles. The summed E-state index contributed by atoms with van der Waals surface area (Å²) in [7, 11) is 3.68. The average molecular weight is 300 g/mol. The molecule has 21 heavy (non-hydrogen) atoms. The van der Waals surface area contributed by atoms with Crippen LogP contribution >= 0.6 is 11.3 Å². The van der Waals surface area contributed by atoms with Gasteiger partial charge in [0, 0.05) is 20.3 Å². The Balaban J connectivity index is 2.20. The normalized spacial score (nSPS) is 12.3. The zero-order valence-electron chi connectivity index (χ0n) is 12.4.